The largest absolute Gasteiger partial charge is 0.489 e. The summed E-state index contributed by atoms with van der Waals surface area (Å²) in [7, 11) is -3.45. The quantitative estimate of drug-likeness (QED) is 0.242. The molecule has 0 aliphatic carbocycles. The standard InChI is InChI=1S/C31H32F5N3O6S/c1-2-46(42,43)26-13-5-19(6-14-26)27(16-28(37)40)38-29(41)20-3-9-22(10-4-20)39-17-25(15-23(39)18-44-30(32)33)45-24-11-7-21(8-12-24)31(34,35)36/h3-14,23,25,27,30H,2,15-18H2,1H3,(H2,37,40)(H,38,41)/t23-,25-,27+/m0/s1. The Kier molecular flexibility index (Phi) is 10.9. The maximum Gasteiger partial charge on any atom is 0.416 e. The number of sulfone groups is 1. The fourth-order valence-electron chi connectivity index (χ4n) is 5.11. The maximum atomic E-state index is 13.1. The van der Waals surface area contributed by atoms with Crippen molar-refractivity contribution in [2.45, 2.75) is 55.6 Å². The highest BCUT2D eigenvalue weighted by molar-refractivity contribution is 7.91. The SMILES string of the molecule is CCS(=O)(=O)c1ccc([C@@H](CC(N)=O)NC(=O)c2ccc(N3C[C@@H](Oc4ccc(C(F)(F)F)cc4)C[C@H]3COC(F)F)cc2)cc1. The van der Waals surface area contributed by atoms with Gasteiger partial charge in [0, 0.05) is 17.7 Å². The van der Waals surface area contributed by atoms with E-state index in [4.69, 9.17) is 10.5 Å². The van der Waals surface area contributed by atoms with Gasteiger partial charge >= 0.3 is 12.8 Å². The van der Waals surface area contributed by atoms with E-state index in [1.165, 1.54) is 55.5 Å². The van der Waals surface area contributed by atoms with Crippen molar-refractivity contribution in [2.24, 2.45) is 5.73 Å². The van der Waals surface area contributed by atoms with Crippen molar-refractivity contribution in [3.63, 3.8) is 0 Å². The molecule has 9 nitrogen and oxygen atoms in total. The second-order valence-electron chi connectivity index (χ2n) is 10.6. The Morgan fingerprint density at radius 1 is 1.00 bits per heavy atom. The van der Waals surface area contributed by atoms with Crippen molar-refractivity contribution >= 4 is 27.3 Å². The Hall–Kier alpha value is -4.24. The Morgan fingerprint density at radius 2 is 1.63 bits per heavy atom. The van der Waals surface area contributed by atoms with Crippen molar-refractivity contribution in [1.29, 1.82) is 0 Å². The zero-order valence-corrected chi connectivity index (χ0v) is 25.4. The summed E-state index contributed by atoms with van der Waals surface area (Å²) >= 11 is 0. The van der Waals surface area contributed by atoms with Gasteiger partial charge in [-0.25, -0.2) is 8.42 Å². The highest BCUT2D eigenvalue weighted by Gasteiger charge is 2.35. The number of amides is 2. The first kappa shape index (κ1) is 34.6. The monoisotopic (exact) mass is 669 g/mol. The van der Waals surface area contributed by atoms with Crippen LogP contribution < -0.4 is 20.7 Å². The molecule has 4 rings (SSSR count). The lowest BCUT2D eigenvalue weighted by atomic mass is 10.0. The molecule has 1 fully saturated rings. The normalized spacial score (nSPS) is 17.6. The van der Waals surface area contributed by atoms with Gasteiger partial charge in [-0.3, -0.25) is 9.59 Å². The van der Waals surface area contributed by atoms with Gasteiger partial charge in [0.05, 0.1) is 47.9 Å². The Bertz CT molecular complexity index is 1600. The fourth-order valence-corrected chi connectivity index (χ4v) is 5.99. The molecule has 3 aromatic carbocycles. The van der Waals surface area contributed by atoms with Crippen LogP contribution in [0.15, 0.2) is 77.7 Å². The summed E-state index contributed by atoms with van der Waals surface area (Å²) < 4.78 is 99.2. The minimum absolute atomic E-state index is 0.0892. The van der Waals surface area contributed by atoms with Crippen molar-refractivity contribution in [3.8, 4) is 5.75 Å². The predicted octanol–water partition coefficient (Wildman–Crippen LogP) is 5.11. The van der Waals surface area contributed by atoms with Gasteiger partial charge in [-0.15, -0.1) is 0 Å². The molecule has 248 valence electrons. The van der Waals surface area contributed by atoms with Crippen LogP contribution in [0.5, 0.6) is 5.75 Å². The van der Waals surface area contributed by atoms with E-state index in [1.54, 1.807) is 17.0 Å². The van der Waals surface area contributed by atoms with Crippen molar-refractivity contribution in [1.82, 2.24) is 5.32 Å². The maximum absolute atomic E-state index is 13.1. The third-order valence-electron chi connectivity index (χ3n) is 7.47. The van der Waals surface area contributed by atoms with Crippen LogP contribution in [0.2, 0.25) is 0 Å². The molecule has 15 heteroatoms. The number of nitrogens with zero attached hydrogens (tertiary/aromatic N) is 1. The lowest BCUT2D eigenvalue weighted by molar-refractivity contribution is -0.137. The van der Waals surface area contributed by atoms with Gasteiger partial charge in [-0.2, -0.15) is 22.0 Å². The number of nitrogens with two attached hydrogens (primary N) is 1. The van der Waals surface area contributed by atoms with Gasteiger partial charge in [0.1, 0.15) is 11.9 Å². The molecule has 0 unspecified atom stereocenters. The number of halogens is 5. The van der Waals surface area contributed by atoms with Crippen LogP contribution in [0.3, 0.4) is 0 Å². The first-order valence-corrected chi connectivity index (χ1v) is 15.8. The van der Waals surface area contributed by atoms with Gasteiger partial charge in [0.2, 0.25) is 5.91 Å². The molecule has 0 aromatic heterocycles. The Morgan fingerprint density at radius 3 is 2.17 bits per heavy atom. The number of ether oxygens (including phenoxy) is 2. The van der Waals surface area contributed by atoms with E-state index < -0.39 is 58.2 Å². The van der Waals surface area contributed by atoms with Gasteiger partial charge < -0.3 is 25.4 Å². The third-order valence-corrected chi connectivity index (χ3v) is 9.22. The van der Waals surface area contributed by atoms with Crippen molar-refractivity contribution in [2.75, 3.05) is 23.8 Å². The number of anilines is 1. The van der Waals surface area contributed by atoms with E-state index in [1.807, 2.05) is 0 Å². The molecule has 1 heterocycles. The van der Waals surface area contributed by atoms with Crippen molar-refractivity contribution < 1.29 is 49.4 Å². The van der Waals surface area contributed by atoms with E-state index in [0.717, 1.165) is 12.1 Å². The number of alkyl halides is 5. The van der Waals surface area contributed by atoms with Crippen molar-refractivity contribution in [3.05, 3.63) is 89.5 Å². The molecule has 0 bridgehead atoms. The van der Waals surface area contributed by atoms with E-state index in [2.05, 4.69) is 10.1 Å². The van der Waals surface area contributed by atoms with Crippen LogP contribution in [0.1, 0.15) is 47.3 Å². The number of benzene rings is 3. The summed E-state index contributed by atoms with van der Waals surface area (Å²) in [4.78, 5) is 26.7. The zero-order valence-electron chi connectivity index (χ0n) is 24.5. The molecule has 1 aliphatic rings. The molecule has 3 atom stereocenters. The molecule has 3 N–H and O–H groups in total. The molecule has 0 spiro atoms. The molecule has 1 saturated heterocycles. The molecular weight excluding hydrogens is 637 g/mol. The molecule has 0 saturated carbocycles. The second kappa shape index (κ2) is 14.5. The highest BCUT2D eigenvalue weighted by Crippen LogP contribution is 2.33. The minimum atomic E-state index is -4.50. The summed E-state index contributed by atoms with van der Waals surface area (Å²) in [6.07, 6.45) is -5.07. The summed E-state index contributed by atoms with van der Waals surface area (Å²) in [6, 6.07) is 14.7. The summed E-state index contributed by atoms with van der Waals surface area (Å²) in [5.41, 5.74) is 5.79. The van der Waals surface area contributed by atoms with Gasteiger partial charge in [-0.05, 0) is 66.2 Å². The number of carbonyl (C=O) groups is 2. The summed E-state index contributed by atoms with van der Waals surface area (Å²) in [5, 5.41) is 2.73. The number of carbonyl (C=O) groups excluding carboxylic acids is 2. The van der Waals surface area contributed by atoms with Crippen LogP contribution >= 0.6 is 0 Å². The number of rotatable bonds is 13. The minimum Gasteiger partial charge on any atom is -0.489 e. The first-order chi connectivity index (χ1) is 21.7. The topological polar surface area (TPSA) is 128 Å². The molecule has 1 aliphatic heterocycles. The van der Waals surface area contributed by atoms with Crippen LogP contribution in [-0.2, 0) is 25.5 Å². The van der Waals surface area contributed by atoms with E-state index in [0.29, 0.717) is 11.3 Å². The Labute approximate surface area is 262 Å². The predicted molar refractivity (Wildman–Crippen MR) is 158 cm³/mol. The average molecular weight is 670 g/mol. The molecule has 0 radical (unpaired) electrons. The highest BCUT2D eigenvalue weighted by atomic mass is 32.2. The number of hydrogen-bond acceptors (Lipinski definition) is 7. The zero-order chi connectivity index (χ0) is 33.6. The van der Waals surface area contributed by atoms with E-state index in [9.17, 15) is 40.0 Å². The summed E-state index contributed by atoms with van der Waals surface area (Å²) in [6.45, 7) is -1.64. The van der Waals surface area contributed by atoms with Gasteiger partial charge in [0.15, 0.2) is 9.84 Å². The third kappa shape index (κ3) is 8.94. The van der Waals surface area contributed by atoms with Crippen LogP contribution in [0.4, 0.5) is 27.6 Å². The van der Waals surface area contributed by atoms with E-state index in [-0.39, 0.29) is 48.0 Å². The smallest absolute Gasteiger partial charge is 0.416 e. The molecule has 3 aromatic rings. The number of hydrogen-bond donors (Lipinski definition) is 2. The Balaban J connectivity index is 1.47. The van der Waals surface area contributed by atoms with Crippen LogP contribution in [-0.4, -0.2) is 57.9 Å². The van der Waals surface area contributed by atoms with Gasteiger partial charge in [-0.1, -0.05) is 19.1 Å². The number of primary amides is 1. The lowest BCUT2D eigenvalue weighted by Crippen LogP contribution is -2.34. The summed E-state index contributed by atoms with van der Waals surface area (Å²) in [5.74, 6) is -1.14. The van der Waals surface area contributed by atoms with Crippen LogP contribution in [0, 0.1) is 0 Å². The lowest BCUT2D eigenvalue weighted by Gasteiger charge is -2.26. The number of nitrogens with one attached hydrogen (secondary N) is 1. The first-order valence-electron chi connectivity index (χ1n) is 14.2. The molecule has 2 amide bonds. The second-order valence-corrected chi connectivity index (χ2v) is 12.9. The fraction of sp³-hybridized carbons (Fsp3) is 0.355. The van der Waals surface area contributed by atoms with Gasteiger partial charge in [0.25, 0.3) is 5.91 Å². The van der Waals surface area contributed by atoms with Crippen LogP contribution in [0.25, 0.3) is 0 Å². The average Bonchev–Trinajstić information content (AvgIpc) is 3.41. The van der Waals surface area contributed by atoms with E-state index >= 15 is 0 Å². The molecule has 46 heavy (non-hydrogen) atoms. The molecular formula is C31H32F5N3O6S.